The molecule has 0 saturated heterocycles. The average Bonchev–Trinajstić information content (AvgIpc) is 2.50. The third-order valence-electron chi connectivity index (χ3n) is 3.62. The Bertz CT molecular complexity index is 423. The Balaban J connectivity index is 1.82. The van der Waals surface area contributed by atoms with Gasteiger partial charge in [-0.1, -0.05) is 31.1 Å². The van der Waals surface area contributed by atoms with Crippen LogP contribution in [0, 0.1) is 0 Å². The molecule has 4 nitrogen and oxygen atoms in total. The van der Waals surface area contributed by atoms with Crippen molar-refractivity contribution in [2.75, 3.05) is 6.61 Å². The maximum Gasteiger partial charge on any atom is 0.161 e. The van der Waals surface area contributed by atoms with Gasteiger partial charge < -0.3 is 9.47 Å². The summed E-state index contributed by atoms with van der Waals surface area (Å²) < 4.78 is 11.7. The average molecular weight is 276 g/mol. The quantitative estimate of drug-likeness (QED) is 0.332. The van der Waals surface area contributed by atoms with E-state index in [2.05, 4.69) is 12.0 Å². The predicted octanol–water partition coefficient (Wildman–Crippen LogP) is 2.79. The molecule has 0 amide bonds. The van der Waals surface area contributed by atoms with Gasteiger partial charge in [0.2, 0.25) is 0 Å². The smallest absolute Gasteiger partial charge is 0.161 e. The van der Waals surface area contributed by atoms with Crippen LogP contribution in [0.15, 0.2) is 36.9 Å². The van der Waals surface area contributed by atoms with E-state index in [1.807, 2.05) is 30.3 Å². The lowest BCUT2D eigenvalue weighted by molar-refractivity contribution is 0.0587. The van der Waals surface area contributed by atoms with Crippen LogP contribution in [-0.4, -0.2) is 18.8 Å². The largest absolute Gasteiger partial charge is 0.486 e. The Morgan fingerprint density at radius 1 is 1.30 bits per heavy atom. The first-order valence-electron chi connectivity index (χ1n) is 7.30. The van der Waals surface area contributed by atoms with Gasteiger partial charge in [0.1, 0.15) is 12.7 Å². The van der Waals surface area contributed by atoms with E-state index < -0.39 is 0 Å². The second-order valence-corrected chi connectivity index (χ2v) is 5.11. The second kappa shape index (κ2) is 7.92. The summed E-state index contributed by atoms with van der Waals surface area (Å²) in [6, 6.07) is 7.86. The van der Waals surface area contributed by atoms with Gasteiger partial charge in [-0.2, -0.15) is 0 Å². The zero-order chi connectivity index (χ0) is 14.2. The number of rotatable bonds is 8. The van der Waals surface area contributed by atoms with Crippen LogP contribution in [0.25, 0.3) is 0 Å². The number of hydrazine groups is 1. The van der Waals surface area contributed by atoms with Gasteiger partial charge in [0.15, 0.2) is 11.5 Å². The zero-order valence-corrected chi connectivity index (χ0v) is 11.9. The van der Waals surface area contributed by atoms with E-state index in [9.17, 15) is 0 Å². The summed E-state index contributed by atoms with van der Waals surface area (Å²) in [5.74, 6) is 7.27. The van der Waals surface area contributed by atoms with Crippen molar-refractivity contribution in [3.05, 3.63) is 36.9 Å². The molecule has 0 aliphatic carbocycles. The Kier molecular flexibility index (Phi) is 5.89. The van der Waals surface area contributed by atoms with E-state index in [-0.39, 0.29) is 12.1 Å². The number of para-hydroxylation sites is 2. The van der Waals surface area contributed by atoms with Crippen LogP contribution >= 0.6 is 0 Å². The van der Waals surface area contributed by atoms with E-state index >= 15 is 0 Å². The molecule has 0 saturated carbocycles. The molecule has 0 aromatic heterocycles. The van der Waals surface area contributed by atoms with Crippen LogP contribution in [0.1, 0.15) is 32.1 Å². The minimum Gasteiger partial charge on any atom is -0.486 e. The minimum absolute atomic E-state index is 0.0331. The highest BCUT2D eigenvalue weighted by Crippen LogP contribution is 2.32. The highest BCUT2D eigenvalue weighted by Gasteiger charge is 2.27. The number of hydrogen-bond donors (Lipinski definition) is 2. The molecule has 2 atom stereocenters. The van der Waals surface area contributed by atoms with Crippen LogP contribution in [0.3, 0.4) is 0 Å². The van der Waals surface area contributed by atoms with Gasteiger partial charge in [0, 0.05) is 0 Å². The summed E-state index contributed by atoms with van der Waals surface area (Å²) in [5.41, 5.74) is 2.87. The summed E-state index contributed by atoms with van der Waals surface area (Å²) in [7, 11) is 0. The molecular formula is C16H24N2O2. The third kappa shape index (κ3) is 3.99. The first-order valence-corrected chi connectivity index (χ1v) is 7.30. The molecule has 20 heavy (non-hydrogen) atoms. The van der Waals surface area contributed by atoms with Crippen molar-refractivity contribution in [1.29, 1.82) is 0 Å². The highest BCUT2D eigenvalue weighted by molar-refractivity contribution is 5.40. The fraction of sp³-hybridized carbons (Fsp3) is 0.500. The number of benzene rings is 1. The molecule has 1 heterocycles. The number of nitrogens with two attached hydrogens (primary N) is 1. The Labute approximate surface area is 120 Å². The normalized spacial score (nSPS) is 18.6. The van der Waals surface area contributed by atoms with Crippen LogP contribution in [-0.2, 0) is 0 Å². The molecular weight excluding hydrogens is 252 g/mol. The molecule has 0 bridgehead atoms. The van der Waals surface area contributed by atoms with Crippen molar-refractivity contribution in [3.8, 4) is 11.5 Å². The van der Waals surface area contributed by atoms with Crippen LogP contribution in [0.2, 0.25) is 0 Å². The topological polar surface area (TPSA) is 56.5 Å². The van der Waals surface area contributed by atoms with E-state index in [1.165, 1.54) is 12.8 Å². The number of fused-ring (bicyclic) bond motifs is 1. The summed E-state index contributed by atoms with van der Waals surface area (Å²) in [5, 5.41) is 0. The first-order chi connectivity index (χ1) is 9.85. The molecule has 3 N–H and O–H groups in total. The monoisotopic (exact) mass is 276 g/mol. The lowest BCUT2D eigenvalue weighted by atomic mass is 10.0. The Morgan fingerprint density at radius 2 is 2.10 bits per heavy atom. The molecule has 1 aromatic carbocycles. The molecule has 0 radical (unpaired) electrons. The van der Waals surface area contributed by atoms with Gasteiger partial charge in [-0.3, -0.25) is 11.3 Å². The molecule has 4 heteroatoms. The van der Waals surface area contributed by atoms with Crippen LogP contribution in [0.5, 0.6) is 11.5 Å². The lowest BCUT2D eigenvalue weighted by Crippen LogP contribution is -2.50. The van der Waals surface area contributed by atoms with Gasteiger partial charge >= 0.3 is 0 Å². The molecule has 0 fully saturated rings. The number of nitrogens with one attached hydrogen (secondary N) is 1. The molecule has 1 aliphatic heterocycles. The fourth-order valence-corrected chi connectivity index (χ4v) is 2.44. The van der Waals surface area contributed by atoms with Gasteiger partial charge in [0.25, 0.3) is 0 Å². The number of allylic oxidation sites excluding steroid dienone is 1. The van der Waals surface area contributed by atoms with Gasteiger partial charge in [-0.25, -0.2) is 0 Å². The standard InChI is InChI=1S/C16H24N2O2/c1-2-3-4-5-6-9-13(18-17)16-12-19-14-10-7-8-11-15(14)20-16/h2,7-8,10-11,13,16,18H,1,3-6,9,12,17H2. The summed E-state index contributed by atoms with van der Waals surface area (Å²) in [6.07, 6.45) is 7.51. The summed E-state index contributed by atoms with van der Waals surface area (Å²) in [4.78, 5) is 0. The maximum absolute atomic E-state index is 5.98. The van der Waals surface area contributed by atoms with E-state index in [0.717, 1.165) is 30.8 Å². The molecule has 2 rings (SSSR count). The van der Waals surface area contributed by atoms with Gasteiger partial charge in [-0.05, 0) is 31.4 Å². The Hall–Kier alpha value is -1.52. The van der Waals surface area contributed by atoms with Crippen molar-refractivity contribution in [3.63, 3.8) is 0 Å². The van der Waals surface area contributed by atoms with E-state index in [0.29, 0.717) is 6.61 Å². The molecule has 1 aliphatic rings. The SMILES string of the molecule is C=CCCCCCC(NN)C1COc2ccccc2O1. The molecule has 110 valence electrons. The third-order valence-corrected chi connectivity index (χ3v) is 3.62. The van der Waals surface area contributed by atoms with Crippen molar-refractivity contribution in [1.82, 2.24) is 5.43 Å². The number of unbranched alkanes of at least 4 members (excludes halogenated alkanes) is 3. The first kappa shape index (κ1) is 14.9. The summed E-state index contributed by atoms with van der Waals surface area (Å²) in [6.45, 7) is 4.28. The van der Waals surface area contributed by atoms with Crippen molar-refractivity contribution in [2.45, 2.75) is 44.2 Å². The molecule has 0 spiro atoms. The fourth-order valence-electron chi connectivity index (χ4n) is 2.44. The number of ether oxygens (including phenoxy) is 2. The molecule has 2 unspecified atom stereocenters. The van der Waals surface area contributed by atoms with Crippen molar-refractivity contribution < 1.29 is 9.47 Å². The Morgan fingerprint density at radius 3 is 2.85 bits per heavy atom. The number of hydrogen-bond acceptors (Lipinski definition) is 4. The van der Waals surface area contributed by atoms with Crippen molar-refractivity contribution >= 4 is 0 Å². The van der Waals surface area contributed by atoms with Crippen LogP contribution in [0.4, 0.5) is 0 Å². The minimum atomic E-state index is -0.0331. The van der Waals surface area contributed by atoms with Crippen molar-refractivity contribution in [2.24, 2.45) is 5.84 Å². The van der Waals surface area contributed by atoms with Gasteiger partial charge in [0.05, 0.1) is 6.04 Å². The van der Waals surface area contributed by atoms with E-state index in [1.54, 1.807) is 0 Å². The second-order valence-electron chi connectivity index (χ2n) is 5.11. The van der Waals surface area contributed by atoms with Gasteiger partial charge in [-0.15, -0.1) is 6.58 Å². The van der Waals surface area contributed by atoms with E-state index in [4.69, 9.17) is 15.3 Å². The predicted molar refractivity (Wildman–Crippen MR) is 80.7 cm³/mol. The summed E-state index contributed by atoms with van der Waals surface area (Å²) >= 11 is 0. The van der Waals surface area contributed by atoms with Crippen LogP contribution < -0.4 is 20.7 Å². The highest BCUT2D eigenvalue weighted by atomic mass is 16.6. The lowest BCUT2D eigenvalue weighted by Gasteiger charge is -2.31. The molecule has 1 aromatic rings. The zero-order valence-electron chi connectivity index (χ0n) is 11.9. The maximum atomic E-state index is 5.98.